The average molecular weight is 152 g/mol. The minimum Gasteiger partial charge on any atom is -0.380 e. The molecule has 0 bridgehead atoms. The molecular weight excluding hydrogens is 144 g/mol. The van der Waals surface area contributed by atoms with Gasteiger partial charge in [-0.3, -0.25) is 4.55 Å². The van der Waals surface area contributed by atoms with E-state index in [0.29, 0.717) is 13.0 Å². The molecule has 4 nitrogen and oxygen atoms in total. The van der Waals surface area contributed by atoms with Crippen molar-refractivity contribution >= 4 is 10.1 Å². The quantitative estimate of drug-likeness (QED) is 0.522. The third-order valence-electron chi connectivity index (χ3n) is 1.31. The Bertz CT molecular complexity index is 177. The molecule has 0 spiro atoms. The van der Waals surface area contributed by atoms with Crippen LogP contribution in [0, 0.1) is 0 Å². The maximum atomic E-state index is 10.3. The van der Waals surface area contributed by atoms with E-state index < -0.39 is 15.4 Å². The number of rotatable bonds is 1. The van der Waals surface area contributed by atoms with E-state index in [-0.39, 0.29) is 6.61 Å². The topological polar surface area (TPSA) is 63.6 Å². The van der Waals surface area contributed by atoms with Gasteiger partial charge in [0.1, 0.15) is 5.25 Å². The molecule has 0 aliphatic carbocycles. The second-order valence-corrected chi connectivity index (χ2v) is 3.70. The Morgan fingerprint density at radius 2 is 2.22 bits per heavy atom. The van der Waals surface area contributed by atoms with Crippen LogP contribution in [0.2, 0.25) is 0 Å². The molecule has 1 rings (SSSR count). The molecule has 0 aromatic carbocycles. The smallest absolute Gasteiger partial charge is 0.270 e. The lowest BCUT2D eigenvalue weighted by Gasteiger charge is -1.99. The largest absolute Gasteiger partial charge is 0.380 e. The summed E-state index contributed by atoms with van der Waals surface area (Å²) in [5.41, 5.74) is 0. The van der Waals surface area contributed by atoms with E-state index in [1.165, 1.54) is 0 Å². The van der Waals surface area contributed by atoms with Gasteiger partial charge in [-0.25, -0.2) is 0 Å². The Hall–Kier alpha value is -0.130. The first-order valence-electron chi connectivity index (χ1n) is 2.65. The first-order chi connectivity index (χ1) is 4.11. The SMILES string of the molecule is O=S(=O)(O)C1CCOC1. The van der Waals surface area contributed by atoms with Crippen LogP contribution in [0.3, 0.4) is 0 Å². The normalized spacial score (nSPS) is 28.8. The number of hydrogen-bond donors (Lipinski definition) is 1. The van der Waals surface area contributed by atoms with Gasteiger partial charge in [0.05, 0.1) is 6.61 Å². The second-order valence-electron chi connectivity index (χ2n) is 2.00. The zero-order valence-electron chi connectivity index (χ0n) is 4.78. The maximum Gasteiger partial charge on any atom is 0.270 e. The summed E-state index contributed by atoms with van der Waals surface area (Å²) in [6.45, 7) is 0.573. The van der Waals surface area contributed by atoms with E-state index >= 15 is 0 Å². The van der Waals surface area contributed by atoms with Gasteiger partial charge in [-0.15, -0.1) is 0 Å². The molecule has 1 atom stereocenters. The van der Waals surface area contributed by atoms with Crippen molar-refractivity contribution in [3.63, 3.8) is 0 Å². The Kier molecular flexibility index (Phi) is 1.74. The minimum absolute atomic E-state index is 0.138. The first kappa shape index (κ1) is 6.98. The van der Waals surface area contributed by atoms with E-state index in [0.717, 1.165) is 0 Å². The fourth-order valence-corrected chi connectivity index (χ4v) is 1.41. The lowest BCUT2D eigenvalue weighted by Crippen LogP contribution is -2.19. The van der Waals surface area contributed by atoms with Gasteiger partial charge < -0.3 is 4.74 Å². The zero-order valence-corrected chi connectivity index (χ0v) is 5.60. The van der Waals surface area contributed by atoms with Gasteiger partial charge in [0.25, 0.3) is 10.1 Å². The monoisotopic (exact) mass is 152 g/mol. The standard InChI is InChI=1S/C4H8O4S/c5-9(6,7)4-1-2-8-3-4/h4H,1-3H2,(H,5,6,7). The summed E-state index contributed by atoms with van der Waals surface area (Å²) >= 11 is 0. The molecule has 0 aromatic rings. The van der Waals surface area contributed by atoms with Crippen molar-refractivity contribution in [1.29, 1.82) is 0 Å². The van der Waals surface area contributed by atoms with Gasteiger partial charge >= 0.3 is 0 Å². The van der Waals surface area contributed by atoms with Crippen LogP contribution >= 0.6 is 0 Å². The van der Waals surface area contributed by atoms with Crippen molar-refractivity contribution in [1.82, 2.24) is 0 Å². The Labute approximate surface area is 53.6 Å². The van der Waals surface area contributed by atoms with E-state index in [2.05, 4.69) is 0 Å². The van der Waals surface area contributed by atoms with Crippen molar-refractivity contribution in [3.05, 3.63) is 0 Å². The Morgan fingerprint density at radius 3 is 2.44 bits per heavy atom. The highest BCUT2D eigenvalue weighted by atomic mass is 32.2. The summed E-state index contributed by atoms with van der Waals surface area (Å²) in [5, 5.41) is -0.683. The van der Waals surface area contributed by atoms with E-state index in [9.17, 15) is 8.42 Å². The van der Waals surface area contributed by atoms with Gasteiger partial charge in [0.15, 0.2) is 0 Å². The zero-order chi connectivity index (χ0) is 6.91. The van der Waals surface area contributed by atoms with E-state index in [1.807, 2.05) is 0 Å². The minimum atomic E-state index is -3.83. The summed E-state index contributed by atoms with van der Waals surface area (Å²) in [4.78, 5) is 0. The molecule has 0 amide bonds. The molecule has 1 fully saturated rings. The van der Waals surface area contributed by atoms with Crippen LogP contribution in [0.4, 0.5) is 0 Å². The summed E-state index contributed by atoms with van der Waals surface area (Å²) < 4.78 is 33.8. The van der Waals surface area contributed by atoms with E-state index in [1.54, 1.807) is 0 Å². The first-order valence-corrected chi connectivity index (χ1v) is 4.15. The molecule has 1 saturated heterocycles. The molecule has 0 radical (unpaired) electrons. The van der Waals surface area contributed by atoms with Crippen molar-refractivity contribution in [2.75, 3.05) is 13.2 Å². The molecule has 1 aliphatic rings. The van der Waals surface area contributed by atoms with E-state index in [4.69, 9.17) is 9.29 Å². The predicted octanol–water partition coefficient (Wildman–Crippen LogP) is -0.337. The third kappa shape index (κ3) is 1.64. The molecule has 5 heteroatoms. The lowest BCUT2D eigenvalue weighted by molar-refractivity contribution is 0.197. The van der Waals surface area contributed by atoms with Crippen molar-refractivity contribution in [2.24, 2.45) is 0 Å². The molecule has 0 saturated carbocycles. The molecule has 54 valence electrons. The summed E-state index contributed by atoms with van der Waals surface area (Å²) in [7, 11) is -3.83. The molecular formula is C4H8O4S. The van der Waals surface area contributed by atoms with Crippen LogP contribution < -0.4 is 0 Å². The summed E-state index contributed by atoms with van der Waals surface area (Å²) in [6, 6.07) is 0. The Balaban J connectivity index is 2.63. The summed E-state index contributed by atoms with van der Waals surface area (Å²) in [5.74, 6) is 0. The van der Waals surface area contributed by atoms with Gasteiger partial charge in [-0.05, 0) is 6.42 Å². The van der Waals surface area contributed by atoms with Crippen molar-refractivity contribution < 1.29 is 17.7 Å². The highest BCUT2D eigenvalue weighted by molar-refractivity contribution is 7.86. The van der Waals surface area contributed by atoms with Gasteiger partial charge in [-0.1, -0.05) is 0 Å². The van der Waals surface area contributed by atoms with Crippen LogP contribution in [0.25, 0.3) is 0 Å². The second kappa shape index (κ2) is 2.24. The van der Waals surface area contributed by atoms with Gasteiger partial charge in [0.2, 0.25) is 0 Å². The van der Waals surface area contributed by atoms with Crippen molar-refractivity contribution in [2.45, 2.75) is 11.7 Å². The van der Waals surface area contributed by atoms with Crippen LogP contribution in [0.1, 0.15) is 6.42 Å². The van der Waals surface area contributed by atoms with Crippen LogP contribution in [0.15, 0.2) is 0 Å². The van der Waals surface area contributed by atoms with Crippen LogP contribution in [0.5, 0.6) is 0 Å². The molecule has 1 aliphatic heterocycles. The lowest BCUT2D eigenvalue weighted by atomic mass is 10.4. The van der Waals surface area contributed by atoms with Gasteiger partial charge in [-0.2, -0.15) is 8.42 Å². The van der Waals surface area contributed by atoms with Crippen LogP contribution in [-0.2, 0) is 14.9 Å². The molecule has 0 aromatic heterocycles. The average Bonchev–Trinajstić information content (AvgIpc) is 2.08. The highest BCUT2D eigenvalue weighted by Crippen LogP contribution is 2.11. The highest BCUT2D eigenvalue weighted by Gasteiger charge is 2.27. The predicted molar refractivity (Wildman–Crippen MR) is 30.8 cm³/mol. The molecule has 9 heavy (non-hydrogen) atoms. The molecule has 1 unspecified atom stereocenters. The van der Waals surface area contributed by atoms with Crippen molar-refractivity contribution in [3.8, 4) is 0 Å². The maximum absolute atomic E-state index is 10.3. The third-order valence-corrected chi connectivity index (χ3v) is 2.52. The van der Waals surface area contributed by atoms with Crippen LogP contribution in [-0.4, -0.2) is 31.4 Å². The number of ether oxygens (including phenoxy) is 1. The number of hydrogen-bond acceptors (Lipinski definition) is 3. The fourth-order valence-electron chi connectivity index (χ4n) is 0.748. The molecule has 1 N–H and O–H groups in total. The van der Waals surface area contributed by atoms with Gasteiger partial charge in [0, 0.05) is 6.61 Å². The fraction of sp³-hybridized carbons (Fsp3) is 1.00. The Morgan fingerprint density at radius 1 is 1.56 bits per heavy atom. The molecule has 1 heterocycles. The summed E-state index contributed by atoms with van der Waals surface area (Å²) in [6.07, 6.45) is 0.416.